The summed E-state index contributed by atoms with van der Waals surface area (Å²) in [7, 11) is 3.52. The molecular weight excluding hydrogens is 185 g/mol. The van der Waals surface area contributed by atoms with Crippen molar-refractivity contribution < 1.29 is 13.9 Å². The Morgan fingerprint density at radius 1 is 1.43 bits per heavy atom. The van der Waals surface area contributed by atoms with Gasteiger partial charge in [0.2, 0.25) is 0 Å². The molecule has 0 aliphatic rings. The van der Waals surface area contributed by atoms with Crippen LogP contribution >= 0.6 is 0 Å². The van der Waals surface area contributed by atoms with Gasteiger partial charge in [0, 0.05) is 0 Å². The maximum Gasteiger partial charge on any atom is 0.342 e. The molecule has 0 bridgehead atoms. The molecule has 0 heterocycles. The summed E-state index contributed by atoms with van der Waals surface area (Å²) in [6.45, 7) is 0.146. The molecule has 0 radical (unpaired) electrons. The molecule has 4 heteroatoms. The number of carbonyl (C=O) groups excluding carboxylic acids is 1. The van der Waals surface area contributed by atoms with E-state index in [4.69, 9.17) is 4.74 Å². The zero-order valence-electron chi connectivity index (χ0n) is 8.16. The predicted molar refractivity (Wildman–Crippen MR) is 50.4 cm³/mol. The molecule has 14 heavy (non-hydrogen) atoms. The van der Waals surface area contributed by atoms with E-state index in [9.17, 15) is 9.18 Å². The molecule has 3 nitrogen and oxygen atoms in total. The van der Waals surface area contributed by atoms with Gasteiger partial charge in [-0.05, 0) is 26.2 Å². The van der Waals surface area contributed by atoms with Crippen molar-refractivity contribution in [1.82, 2.24) is 4.90 Å². The standard InChI is InChI=1S/C10H12FNO2/c1-12(2)7-14-10(13)8-5-3-4-6-9(8)11/h3-6H,7H2,1-2H3. The normalized spacial score (nSPS) is 10.3. The van der Waals surface area contributed by atoms with Crippen molar-refractivity contribution in [2.45, 2.75) is 0 Å². The number of ether oxygens (including phenoxy) is 1. The number of carbonyl (C=O) groups is 1. The van der Waals surface area contributed by atoms with Crippen molar-refractivity contribution in [2.75, 3.05) is 20.8 Å². The lowest BCUT2D eigenvalue weighted by molar-refractivity contribution is 0.0314. The van der Waals surface area contributed by atoms with Crippen LogP contribution in [0, 0.1) is 5.82 Å². The van der Waals surface area contributed by atoms with Crippen molar-refractivity contribution in [3.8, 4) is 0 Å². The molecule has 0 saturated heterocycles. The highest BCUT2D eigenvalue weighted by atomic mass is 19.1. The van der Waals surface area contributed by atoms with E-state index in [1.807, 2.05) is 0 Å². The minimum Gasteiger partial charge on any atom is -0.446 e. The number of nitrogens with zero attached hydrogens (tertiary/aromatic N) is 1. The van der Waals surface area contributed by atoms with Gasteiger partial charge in [0.25, 0.3) is 0 Å². The Labute approximate surface area is 82.1 Å². The molecule has 76 valence electrons. The summed E-state index contributed by atoms with van der Waals surface area (Å²) in [6, 6.07) is 5.74. The first-order valence-corrected chi connectivity index (χ1v) is 4.17. The second-order valence-corrected chi connectivity index (χ2v) is 3.12. The molecule has 0 aliphatic heterocycles. The van der Waals surface area contributed by atoms with E-state index in [1.165, 1.54) is 18.2 Å². The van der Waals surface area contributed by atoms with Gasteiger partial charge in [0.1, 0.15) is 12.5 Å². The first kappa shape index (κ1) is 10.7. The lowest BCUT2D eigenvalue weighted by Gasteiger charge is -2.10. The van der Waals surface area contributed by atoms with E-state index in [-0.39, 0.29) is 12.3 Å². The van der Waals surface area contributed by atoms with Crippen LogP contribution < -0.4 is 0 Å². The lowest BCUT2D eigenvalue weighted by Crippen LogP contribution is -2.20. The Morgan fingerprint density at radius 2 is 2.07 bits per heavy atom. The molecule has 0 amide bonds. The number of hydrogen-bond acceptors (Lipinski definition) is 3. The Morgan fingerprint density at radius 3 is 2.64 bits per heavy atom. The highest BCUT2D eigenvalue weighted by Crippen LogP contribution is 2.07. The van der Waals surface area contributed by atoms with E-state index < -0.39 is 11.8 Å². The minimum absolute atomic E-state index is 0.0330. The smallest absolute Gasteiger partial charge is 0.342 e. The lowest BCUT2D eigenvalue weighted by atomic mass is 10.2. The van der Waals surface area contributed by atoms with E-state index >= 15 is 0 Å². The van der Waals surface area contributed by atoms with Gasteiger partial charge in [-0.15, -0.1) is 0 Å². The van der Waals surface area contributed by atoms with Gasteiger partial charge >= 0.3 is 5.97 Å². The van der Waals surface area contributed by atoms with Crippen LogP contribution in [-0.4, -0.2) is 31.7 Å². The summed E-state index contributed by atoms with van der Waals surface area (Å²) in [5.74, 6) is -1.20. The molecule has 0 atom stereocenters. The fourth-order valence-corrected chi connectivity index (χ4v) is 0.892. The summed E-state index contributed by atoms with van der Waals surface area (Å²) >= 11 is 0. The van der Waals surface area contributed by atoms with Crippen LogP contribution in [-0.2, 0) is 4.74 Å². The summed E-state index contributed by atoms with van der Waals surface area (Å²) in [6.07, 6.45) is 0. The molecule has 0 saturated carbocycles. The van der Waals surface area contributed by atoms with Crippen LogP contribution in [0.15, 0.2) is 24.3 Å². The van der Waals surface area contributed by atoms with Crippen LogP contribution in [0.1, 0.15) is 10.4 Å². The zero-order chi connectivity index (χ0) is 10.6. The highest BCUT2D eigenvalue weighted by molar-refractivity contribution is 5.89. The van der Waals surface area contributed by atoms with Crippen LogP contribution in [0.5, 0.6) is 0 Å². The van der Waals surface area contributed by atoms with Crippen LogP contribution in [0.3, 0.4) is 0 Å². The number of esters is 1. The Kier molecular flexibility index (Phi) is 3.59. The second-order valence-electron chi connectivity index (χ2n) is 3.12. The Bertz CT molecular complexity index is 326. The van der Waals surface area contributed by atoms with E-state index in [0.717, 1.165) is 0 Å². The topological polar surface area (TPSA) is 29.5 Å². The fraction of sp³-hybridized carbons (Fsp3) is 0.300. The summed E-state index contributed by atoms with van der Waals surface area (Å²) in [5, 5.41) is 0. The monoisotopic (exact) mass is 197 g/mol. The molecule has 0 fully saturated rings. The highest BCUT2D eigenvalue weighted by Gasteiger charge is 2.11. The first-order valence-electron chi connectivity index (χ1n) is 4.17. The fourth-order valence-electron chi connectivity index (χ4n) is 0.892. The molecule has 1 aromatic carbocycles. The molecule has 0 N–H and O–H groups in total. The van der Waals surface area contributed by atoms with Gasteiger partial charge in [0.05, 0.1) is 5.56 Å². The molecule has 1 aromatic rings. The van der Waals surface area contributed by atoms with Crippen molar-refractivity contribution in [2.24, 2.45) is 0 Å². The molecule has 0 aliphatic carbocycles. The third-order valence-electron chi connectivity index (χ3n) is 1.55. The molecular formula is C10H12FNO2. The molecule has 0 aromatic heterocycles. The van der Waals surface area contributed by atoms with Crippen molar-refractivity contribution >= 4 is 5.97 Å². The van der Waals surface area contributed by atoms with E-state index in [0.29, 0.717) is 0 Å². The average molecular weight is 197 g/mol. The quantitative estimate of drug-likeness (QED) is 0.543. The Balaban J connectivity index is 2.65. The predicted octanol–water partition coefficient (Wildman–Crippen LogP) is 1.50. The molecule has 0 unspecified atom stereocenters. The maximum atomic E-state index is 13.1. The van der Waals surface area contributed by atoms with Crippen molar-refractivity contribution in [3.05, 3.63) is 35.6 Å². The first-order chi connectivity index (χ1) is 6.61. The third kappa shape index (κ3) is 2.81. The summed E-state index contributed by atoms with van der Waals surface area (Å²) in [5.41, 5.74) is -0.0330. The van der Waals surface area contributed by atoms with Gasteiger partial charge in [-0.1, -0.05) is 12.1 Å². The number of hydrogen-bond donors (Lipinski definition) is 0. The van der Waals surface area contributed by atoms with Crippen molar-refractivity contribution in [3.63, 3.8) is 0 Å². The number of rotatable bonds is 3. The molecule has 0 spiro atoms. The van der Waals surface area contributed by atoms with Crippen LogP contribution in [0.2, 0.25) is 0 Å². The summed E-state index contributed by atoms with van der Waals surface area (Å²) in [4.78, 5) is 13.0. The van der Waals surface area contributed by atoms with Gasteiger partial charge in [-0.25, -0.2) is 9.18 Å². The molecule has 1 rings (SSSR count). The SMILES string of the molecule is CN(C)COC(=O)c1ccccc1F. The minimum atomic E-state index is -0.642. The van der Waals surface area contributed by atoms with E-state index in [1.54, 1.807) is 25.1 Å². The van der Waals surface area contributed by atoms with Crippen molar-refractivity contribution in [1.29, 1.82) is 0 Å². The van der Waals surface area contributed by atoms with Gasteiger partial charge in [-0.3, -0.25) is 4.90 Å². The van der Waals surface area contributed by atoms with Gasteiger partial charge in [0.15, 0.2) is 0 Å². The van der Waals surface area contributed by atoms with E-state index in [2.05, 4.69) is 0 Å². The third-order valence-corrected chi connectivity index (χ3v) is 1.55. The average Bonchev–Trinajstić information content (AvgIpc) is 2.15. The van der Waals surface area contributed by atoms with Gasteiger partial charge in [-0.2, -0.15) is 0 Å². The Hall–Kier alpha value is -1.42. The largest absolute Gasteiger partial charge is 0.446 e. The zero-order valence-corrected chi connectivity index (χ0v) is 8.16. The van der Waals surface area contributed by atoms with Crippen LogP contribution in [0.4, 0.5) is 4.39 Å². The van der Waals surface area contributed by atoms with Gasteiger partial charge < -0.3 is 4.74 Å². The summed E-state index contributed by atoms with van der Waals surface area (Å²) < 4.78 is 17.9. The second kappa shape index (κ2) is 4.72. The number of halogens is 1. The van der Waals surface area contributed by atoms with Crippen LogP contribution in [0.25, 0.3) is 0 Å². The maximum absolute atomic E-state index is 13.1. The number of benzene rings is 1.